The summed E-state index contributed by atoms with van der Waals surface area (Å²) in [6.45, 7) is 9.98. The Morgan fingerprint density at radius 2 is 1.84 bits per heavy atom. The molecule has 3 spiro atoms. The number of benzene rings is 1. The Bertz CT molecular complexity index is 1270. The molecule has 1 N–H and O–H groups in total. The molecule has 5 heteroatoms. The molecule has 2 aliphatic heterocycles. The number of aliphatic hydroxyl groups is 1. The average molecular weight is 588 g/mol. The van der Waals surface area contributed by atoms with Gasteiger partial charge in [-0.1, -0.05) is 55.8 Å². The van der Waals surface area contributed by atoms with E-state index in [-0.39, 0.29) is 11.7 Å². The molecule has 2 heterocycles. The zero-order valence-electron chi connectivity index (χ0n) is 26.5. The van der Waals surface area contributed by atoms with Crippen LogP contribution in [0.4, 0.5) is 0 Å². The Kier molecular flexibility index (Phi) is 6.44. The summed E-state index contributed by atoms with van der Waals surface area (Å²) in [6.07, 6.45) is 15.5. The molecule has 234 valence electrons. The van der Waals surface area contributed by atoms with Crippen LogP contribution in [0, 0.1) is 45.8 Å². The van der Waals surface area contributed by atoms with Gasteiger partial charge in [-0.15, -0.1) is 0 Å². The topological polar surface area (TPSA) is 51.2 Å². The number of ether oxygens (including phenoxy) is 3. The molecule has 2 saturated heterocycles. The number of nitrogens with zero attached hydrogens (tertiary/aromatic N) is 1. The molecule has 7 fully saturated rings. The number of aliphatic hydroxyl groups excluding tert-OH is 1. The highest BCUT2D eigenvalue weighted by atomic mass is 16.5. The maximum absolute atomic E-state index is 10.4. The standard InChI is InChI=1S/C38H53NO4/c1-25-18-33-34(39(22-25)14-15-41-16-17-42-23-26-6-4-3-5-7-26)32-21-37-24-36(37)20-31-29(30(36)11-13-38(32,37)43-33)9-8-27-19-28(40)10-12-35(27,31)2/h3-7,19,25,28-34,40H,8-18,20-24H2,1-2H3/t25-,28-,29?,30-,31-,32+,33+,34-,35-,36?,37?,38+/m0/s1. The van der Waals surface area contributed by atoms with Crippen LogP contribution < -0.4 is 0 Å². The third-order valence-electron chi connectivity index (χ3n) is 15.0. The van der Waals surface area contributed by atoms with Gasteiger partial charge in [0.25, 0.3) is 0 Å². The van der Waals surface area contributed by atoms with Gasteiger partial charge in [0.15, 0.2) is 0 Å². The van der Waals surface area contributed by atoms with Crippen molar-refractivity contribution in [2.24, 2.45) is 45.8 Å². The van der Waals surface area contributed by atoms with E-state index < -0.39 is 0 Å². The first-order valence-electron chi connectivity index (χ1n) is 17.9. The quantitative estimate of drug-likeness (QED) is 0.282. The number of hydrogen-bond donors (Lipinski definition) is 1. The van der Waals surface area contributed by atoms with Crippen molar-refractivity contribution in [1.29, 1.82) is 0 Å². The molecule has 43 heavy (non-hydrogen) atoms. The highest BCUT2D eigenvalue weighted by Crippen LogP contribution is 2.93. The predicted molar refractivity (Wildman–Crippen MR) is 166 cm³/mol. The second-order valence-corrected chi connectivity index (χ2v) is 16.6. The van der Waals surface area contributed by atoms with Crippen molar-refractivity contribution in [1.82, 2.24) is 4.90 Å². The van der Waals surface area contributed by atoms with Gasteiger partial charge in [0.1, 0.15) is 0 Å². The van der Waals surface area contributed by atoms with Crippen molar-refractivity contribution in [2.45, 2.75) is 109 Å². The second kappa shape index (κ2) is 9.88. The first kappa shape index (κ1) is 28.0. The Hall–Kier alpha value is -1.24. The van der Waals surface area contributed by atoms with Crippen molar-refractivity contribution in [3.63, 3.8) is 0 Å². The van der Waals surface area contributed by atoms with E-state index in [4.69, 9.17) is 14.2 Å². The van der Waals surface area contributed by atoms with Gasteiger partial charge in [0, 0.05) is 30.5 Å². The summed E-state index contributed by atoms with van der Waals surface area (Å²) in [5, 5.41) is 10.4. The zero-order valence-corrected chi connectivity index (χ0v) is 26.5. The fourth-order valence-electron chi connectivity index (χ4n) is 13.4. The minimum absolute atomic E-state index is 0.156. The number of likely N-dealkylation sites (tertiary alicyclic amines) is 1. The number of allylic oxidation sites excluding steroid dienone is 1. The molecular formula is C38H53NO4. The minimum atomic E-state index is -0.205. The Morgan fingerprint density at radius 1 is 0.977 bits per heavy atom. The van der Waals surface area contributed by atoms with Gasteiger partial charge in [-0.3, -0.25) is 4.90 Å². The maximum atomic E-state index is 10.4. The van der Waals surface area contributed by atoms with Gasteiger partial charge in [-0.25, -0.2) is 0 Å². The van der Waals surface area contributed by atoms with Crippen LogP contribution in [0.3, 0.4) is 0 Å². The summed E-state index contributed by atoms with van der Waals surface area (Å²) in [4.78, 5) is 2.79. The maximum Gasteiger partial charge on any atom is 0.0793 e. The summed E-state index contributed by atoms with van der Waals surface area (Å²) >= 11 is 0. The van der Waals surface area contributed by atoms with E-state index in [0.29, 0.717) is 54.1 Å². The molecule has 9 rings (SSSR count). The lowest BCUT2D eigenvalue weighted by molar-refractivity contribution is -0.211. The fraction of sp³-hybridized carbons (Fsp3) is 0.789. The van der Waals surface area contributed by atoms with E-state index in [1.807, 2.05) is 6.07 Å². The molecule has 0 bridgehead atoms. The van der Waals surface area contributed by atoms with E-state index in [2.05, 4.69) is 49.1 Å². The van der Waals surface area contributed by atoms with Crippen LogP contribution in [0.2, 0.25) is 0 Å². The molecule has 6 aliphatic carbocycles. The van der Waals surface area contributed by atoms with Crippen molar-refractivity contribution in [3.8, 4) is 0 Å². The lowest BCUT2D eigenvalue weighted by atomic mass is 9.47. The first-order valence-corrected chi connectivity index (χ1v) is 17.9. The molecule has 5 saturated carbocycles. The number of hydrogen-bond acceptors (Lipinski definition) is 5. The Balaban J connectivity index is 0.862. The molecule has 3 unspecified atom stereocenters. The van der Waals surface area contributed by atoms with Gasteiger partial charge in [0.2, 0.25) is 0 Å². The molecule has 5 nitrogen and oxygen atoms in total. The van der Waals surface area contributed by atoms with E-state index in [9.17, 15) is 5.11 Å². The summed E-state index contributed by atoms with van der Waals surface area (Å²) in [5.41, 5.74) is 4.34. The van der Waals surface area contributed by atoms with Crippen molar-refractivity contribution in [2.75, 3.05) is 32.9 Å². The van der Waals surface area contributed by atoms with Crippen LogP contribution in [0.1, 0.15) is 83.6 Å². The summed E-state index contributed by atoms with van der Waals surface area (Å²) in [5.74, 6) is 4.06. The minimum Gasteiger partial charge on any atom is -0.389 e. The first-order chi connectivity index (χ1) is 20.9. The highest BCUT2D eigenvalue weighted by molar-refractivity contribution is 5.41. The van der Waals surface area contributed by atoms with E-state index in [1.54, 1.807) is 5.57 Å². The SMILES string of the molecule is C[C@H]1C[C@H]2O[C@@]34CC[C@H]5C6CCC7=C[C@@H](O)CC[C@]7(C)[C@H]6CC56CC63C[C@@H]4[C@@H]2N(CCOCCOCc2ccccc2)C1. The molecule has 1 aromatic carbocycles. The monoisotopic (exact) mass is 587 g/mol. The Labute approximate surface area is 258 Å². The van der Waals surface area contributed by atoms with Crippen LogP contribution >= 0.6 is 0 Å². The van der Waals surface area contributed by atoms with Gasteiger partial charge in [0.05, 0.1) is 44.2 Å². The fourth-order valence-corrected chi connectivity index (χ4v) is 13.4. The lowest BCUT2D eigenvalue weighted by Crippen LogP contribution is -2.64. The van der Waals surface area contributed by atoms with Gasteiger partial charge in [-0.05, 0) is 104 Å². The number of fused-ring (bicyclic) bond motifs is 6. The third kappa shape index (κ3) is 3.81. The third-order valence-corrected chi connectivity index (χ3v) is 15.0. The molecule has 8 aliphatic rings. The van der Waals surface area contributed by atoms with Gasteiger partial charge < -0.3 is 19.3 Å². The smallest absolute Gasteiger partial charge is 0.0793 e. The van der Waals surface area contributed by atoms with Gasteiger partial charge in [-0.2, -0.15) is 0 Å². The van der Waals surface area contributed by atoms with E-state index in [0.717, 1.165) is 43.2 Å². The largest absolute Gasteiger partial charge is 0.389 e. The van der Waals surface area contributed by atoms with Crippen LogP contribution in [0.5, 0.6) is 0 Å². The van der Waals surface area contributed by atoms with E-state index >= 15 is 0 Å². The Morgan fingerprint density at radius 3 is 2.72 bits per heavy atom. The molecule has 1 aromatic rings. The molecule has 0 amide bonds. The predicted octanol–water partition coefficient (Wildman–Crippen LogP) is 6.39. The lowest BCUT2D eigenvalue weighted by Gasteiger charge is -2.60. The van der Waals surface area contributed by atoms with Crippen LogP contribution in [0.25, 0.3) is 0 Å². The zero-order chi connectivity index (χ0) is 29.0. The molecular weight excluding hydrogens is 534 g/mol. The van der Waals surface area contributed by atoms with Gasteiger partial charge >= 0.3 is 0 Å². The summed E-state index contributed by atoms with van der Waals surface area (Å²) < 4.78 is 19.4. The summed E-state index contributed by atoms with van der Waals surface area (Å²) in [6, 6.07) is 11.0. The number of rotatable bonds is 8. The molecule has 12 atom stereocenters. The van der Waals surface area contributed by atoms with Crippen LogP contribution in [-0.4, -0.2) is 66.8 Å². The average Bonchev–Trinajstić information content (AvgIpc) is 3.48. The van der Waals surface area contributed by atoms with Crippen molar-refractivity contribution in [3.05, 3.63) is 47.5 Å². The molecule has 0 radical (unpaired) electrons. The van der Waals surface area contributed by atoms with E-state index in [1.165, 1.54) is 69.9 Å². The van der Waals surface area contributed by atoms with Crippen LogP contribution in [-0.2, 0) is 20.8 Å². The molecule has 0 aromatic heterocycles. The normalized spacial score (nSPS) is 50.6. The van der Waals surface area contributed by atoms with Crippen LogP contribution in [0.15, 0.2) is 42.0 Å². The second-order valence-electron chi connectivity index (χ2n) is 16.6. The van der Waals surface area contributed by atoms with Crippen molar-refractivity contribution >= 4 is 0 Å². The highest BCUT2D eigenvalue weighted by Gasteiger charge is 2.91. The number of piperidine rings is 1. The van der Waals surface area contributed by atoms with Crippen molar-refractivity contribution < 1.29 is 19.3 Å². The summed E-state index contributed by atoms with van der Waals surface area (Å²) in [7, 11) is 0.